The smallest absolute Gasteiger partial charge is 0.315 e. The molecule has 2 amide bonds. The van der Waals surface area contributed by atoms with Gasteiger partial charge in [-0.15, -0.1) is 0 Å². The van der Waals surface area contributed by atoms with Crippen LogP contribution < -0.4 is 15.5 Å². The van der Waals surface area contributed by atoms with E-state index >= 15 is 0 Å². The molecule has 3 aromatic rings. The highest BCUT2D eigenvalue weighted by Crippen LogP contribution is 2.25. The fourth-order valence-electron chi connectivity index (χ4n) is 4.48. The Morgan fingerprint density at radius 1 is 0.882 bits per heavy atom. The molecule has 34 heavy (non-hydrogen) atoms. The number of rotatable bonds is 8. The third kappa shape index (κ3) is 6.35. The molecule has 0 saturated carbocycles. The zero-order valence-corrected chi connectivity index (χ0v) is 20.3. The van der Waals surface area contributed by atoms with Crippen molar-refractivity contribution in [1.29, 1.82) is 0 Å². The molecule has 6 nitrogen and oxygen atoms in total. The third-order valence-corrected chi connectivity index (χ3v) is 6.18. The molecular formula is C28H35N5O. The van der Waals surface area contributed by atoms with Crippen LogP contribution in [-0.4, -0.2) is 43.1 Å². The molecule has 0 aliphatic carbocycles. The lowest BCUT2D eigenvalue weighted by molar-refractivity contribution is 0.240. The first-order chi connectivity index (χ1) is 16.6. The summed E-state index contributed by atoms with van der Waals surface area (Å²) in [5, 5.41) is 6.04. The third-order valence-electron chi connectivity index (χ3n) is 6.18. The number of carbonyl (C=O) groups excluding carboxylic acids is 1. The van der Waals surface area contributed by atoms with E-state index in [-0.39, 0.29) is 6.03 Å². The average molecular weight is 458 g/mol. The molecular weight excluding hydrogens is 422 g/mol. The van der Waals surface area contributed by atoms with Gasteiger partial charge in [-0.1, -0.05) is 54.6 Å². The summed E-state index contributed by atoms with van der Waals surface area (Å²) in [6.45, 7) is 3.90. The highest BCUT2D eigenvalue weighted by Gasteiger charge is 2.16. The number of amides is 2. The standard InChI is InChI=1S/C28H35N5O/c1-32(2)21-22-12-14-23(15-13-22)26-11-5-4-9-24(26)19-30-28(34)31-20-25-10-8-16-29-27(25)33-17-6-3-7-18-33/h4-5,8-16H,3,6-7,17-21H2,1-2H3,(H2,30,31,34). The van der Waals surface area contributed by atoms with Crippen LogP contribution in [0.5, 0.6) is 0 Å². The van der Waals surface area contributed by atoms with Gasteiger partial charge in [0.05, 0.1) is 0 Å². The maximum Gasteiger partial charge on any atom is 0.315 e. The quantitative estimate of drug-likeness (QED) is 0.510. The van der Waals surface area contributed by atoms with Gasteiger partial charge in [-0.05, 0) is 61.7 Å². The first-order valence-electron chi connectivity index (χ1n) is 12.1. The highest BCUT2D eigenvalue weighted by molar-refractivity contribution is 5.75. The minimum absolute atomic E-state index is 0.176. The molecule has 1 aliphatic heterocycles. The van der Waals surface area contributed by atoms with E-state index in [1.54, 1.807) is 0 Å². The van der Waals surface area contributed by atoms with Crippen molar-refractivity contribution in [2.24, 2.45) is 0 Å². The van der Waals surface area contributed by atoms with E-state index in [4.69, 9.17) is 0 Å². The predicted octanol–water partition coefficient (Wildman–Crippen LogP) is 4.80. The lowest BCUT2D eigenvalue weighted by Crippen LogP contribution is -2.36. The summed E-state index contributed by atoms with van der Waals surface area (Å²) in [7, 11) is 4.14. The number of carbonyl (C=O) groups is 1. The fraction of sp³-hybridized carbons (Fsp3) is 0.357. The maximum absolute atomic E-state index is 12.6. The summed E-state index contributed by atoms with van der Waals surface area (Å²) in [6.07, 6.45) is 5.50. The second kappa shape index (κ2) is 11.7. The fourth-order valence-corrected chi connectivity index (χ4v) is 4.48. The van der Waals surface area contributed by atoms with Crippen molar-refractivity contribution in [1.82, 2.24) is 20.5 Å². The average Bonchev–Trinajstić information content (AvgIpc) is 2.87. The molecule has 1 aliphatic rings. The van der Waals surface area contributed by atoms with Crippen LogP contribution in [0.4, 0.5) is 10.6 Å². The molecule has 178 valence electrons. The Hall–Kier alpha value is -3.38. The number of anilines is 1. The van der Waals surface area contributed by atoms with E-state index in [0.717, 1.165) is 47.7 Å². The Labute approximate surface area is 203 Å². The summed E-state index contributed by atoms with van der Waals surface area (Å²) in [5.74, 6) is 0.991. The van der Waals surface area contributed by atoms with Gasteiger partial charge in [0.25, 0.3) is 0 Å². The topological polar surface area (TPSA) is 60.5 Å². The van der Waals surface area contributed by atoms with Crippen molar-refractivity contribution in [2.45, 2.75) is 38.9 Å². The van der Waals surface area contributed by atoms with Crippen LogP contribution in [0.1, 0.15) is 36.0 Å². The SMILES string of the molecule is CN(C)Cc1ccc(-c2ccccc2CNC(=O)NCc2cccnc2N2CCCCC2)cc1. The van der Waals surface area contributed by atoms with Gasteiger partial charge in [-0.25, -0.2) is 9.78 Å². The van der Waals surface area contributed by atoms with E-state index < -0.39 is 0 Å². The van der Waals surface area contributed by atoms with E-state index in [1.165, 1.54) is 24.8 Å². The van der Waals surface area contributed by atoms with Crippen molar-refractivity contribution < 1.29 is 4.79 Å². The summed E-state index contributed by atoms with van der Waals surface area (Å²) >= 11 is 0. The Balaban J connectivity index is 1.35. The molecule has 0 radical (unpaired) electrons. The number of nitrogens with zero attached hydrogens (tertiary/aromatic N) is 3. The summed E-state index contributed by atoms with van der Waals surface area (Å²) in [5.41, 5.74) is 5.72. The molecule has 0 atom stereocenters. The highest BCUT2D eigenvalue weighted by atomic mass is 16.2. The number of hydrogen-bond donors (Lipinski definition) is 2. The van der Waals surface area contributed by atoms with Gasteiger partial charge in [0, 0.05) is 44.5 Å². The van der Waals surface area contributed by atoms with E-state index in [2.05, 4.69) is 75.9 Å². The summed E-state index contributed by atoms with van der Waals surface area (Å²) in [4.78, 5) is 21.7. The van der Waals surface area contributed by atoms with Crippen LogP contribution >= 0.6 is 0 Å². The number of benzene rings is 2. The molecule has 0 spiro atoms. The molecule has 4 rings (SSSR count). The zero-order chi connectivity index (χ0) is 23.8. The molecule has 1 saturated heterocycles. The maximum atomic E-state index is 12.6. The predicted molar refractivity (Wildman–Crippen MR) is 139 cm³/mol. The van der Waals surface area contributed by atoms with Crippen LogP contribution in [0, 0.1) is 0 Å². The lowest BCUT2D eigenvalue weighted by Gasteiger charge is -2.29. The molecule has 0 unspecified atom stereocenters. The Morgan fingerprint density at radius 3 is 2.29 bits per heavy atom. The Bertz CT molecular complexity index is 1070. The van der Waals surface area contributed by atoms with Gasteiger partial charge in [0.2, 0.25) is 0 Å². The van der Waals surface area contributed by atoms with Crippen molar-refractivity contribution in [3.63, 3.8) is 0 Å². The monoisotopic (exact) mass is 457 g/mol. The molecule has 2 aromatic carbocycles. The van der Waals surface area contributed by atoms with Crippen molar-refractivity contribution in [2.75, 3.05) is 32.1 Å². The van der Waals surface area contributed by atoms with Gasteiger partial charge in [0.1, 0.15) is 5.82 Å². The number of piperidine rings is 1. The van der Waals surface area contributed by atoms with E-state index in [9.17, 15) is 4.79 Å². The lowest BCUT2D eigenvalue weighted by atomic mass is 9.98. The van der Waals surface area contributed by atoms with Crippen molar-refractivity contribution >= 4 is 11.8 Å². The largest absolute Gasteiger partial charge is 0.356 e. The van der Waals surface area contributed by atoms with Crippen LogP contribution in [-0.2, 0) is 19.6 Å². The van der Waals surface area contributed by atoms with Gasteiger partial charge >= 0.3 is 6.03 Å². The Morgan fingerprint density at radius 2 is 1.56 bits per heavy atom. The van der Waals surface area contributed by atoms with Gasteiger partial charge in [0.15, 0.2) is 0 Å². The van der Waals surface area contributed by atoms with E-state index in [0.29, 0.717) is 13.1 Å². The van der Waals surface area contributed by atoms with Crippen LogP contribution in [0.3, 0.4) is 0 Å². The second-order valence-corrected chi connectivity index (χ2v) is 9.16. The van der Waals surface area contributed by atoms with Crippen molar-refractivity contribution in [3.8, 4) is 11.1 Å². The number of aromatic nitrogens is 1. The van der Waals surface area contributed by atoms with Crippen molar-refractivity contribution in [3.05, 3.63) is 83.6 Å². The summed E-state index contributed by atoms with van der Waals surface area (Å²) < 4.78 is 0. The Kier molecular flexibility index (Phi) is 8.15. The number of nitrogens with one attached hydrogen (secondary N) is 2. The van der Waals surface area contributed by atoms with Gasteiger partial charge < -0.3 is 20.4 Å². The zero-order valence-electron chi connectivity index (χ0n) is 20.3. The molecule has 0 bridgehead atoms. The van der Waals surface area contributed by atoms with Gasteiger partial charge in [-0.3, -0.25) is 0 Å². The molecule has 1 fully saturated rings. The van der Waals surface area contributed by atoms with Gasteiger partial charge in [-0.2, -0.15) is 0 Å². The first kappa shape index (κ1) is 23.8. The normalized spacial score (nSPS) is 13.7. The molecule has 2 heterocycles. The molecule has 1 aromatic heterocycles. The minimum Gasteiger partial charge on any atom is -0.356 e. The van der Waals surface area contributed by atoms with E-state index in [1.807, 2.05) is 30.5 Å². The molecule has 6 heteroatoms. The second-order valence-electron chi connectivity index (χ2n) is 9.16. The van der Waals surface area contributed by atoms with Crippen LogP contribution in [0.2, 0.25) is 0 Å². The van der Waals surface area contributed by atoms with Crippen LogP contribution in [0.25, 0.3) is 11.1 Å². The van der Waals surface area contributed by atoms with Crippen LogP contribution in [0.15, 0.2) is 66.9 Å². The number of hydrogen-bond acceptors (Lipinski definition) is 4. The first-order valence-corrected chi connectivity index (χ1v) is 12.1. The number of urea groups is 1. The summed E-state index contributed by atoms with van der Waals surface area (Å²) in [6, 6.07) is 20.7. The molecule has 2 N–H and O–H groups in total. The number of pyridine rings is 1. The minimum atomic E-state index is -0.176.